The van der Waals surface area contributed by atoms with Crippen LogP contribution in [0, 0.1) is 0 Å². The maximum Gasteiger partial charge on any atom is 0.347 e. The topological polar surface area (TPSA) is 106 Å². The van der Waals surface area contributed by atoms with Crippen LogP contribution in [-0.4, -0.2) is 36.5 Å². The number of fused-ring (bicyclic) bond motifs is 1. The Kier molecular flexibility index (Phi) is 4.74. The highest BCUT2D eigenvalue weighted by Gasteiger charge is 2.27. The standard InChI is InChI=1S/C21H17N3O5/c1-27-15-8-4-3-7-14(15)24-20-17(21(26)28-2)18(25)16(29-20)10-12-11-23-19-13(12)6-5-9-22-19/h3-11,24-25H,1-2H3. The highest BCUT2D eigenvalue weighted by molar-refractivity contribution is 6.21. The second-order valence-corrected chi connectivity index (χ2v) is 6.07. The van der Waals surface area contributed by atoms with Crippen molar-refractivity contribution in [3.8, 4) is 11.5 Å². The number of anilines is 2. The minimum absolute atomic E-state index is 0.0343. The molecule has 8 heteroatoms. The molecule has 0 saturated heterocycles. The van der Waals surface area contributed by atoms with Crippen LogP contribution < -0.4 is 10.1 Å². The first-order valence-corrected chi connectivity index (χ1v) is 8.67. The van der Waals surface area contributed by atoms with Gasteiger partial charge < -0.3 is 24.3 Å². The van der Waals surface area contributed by atoms with Crippen LogP contribution >= 0.6 is 0 Å². The van der Waals surface area contributed by atoms with Gasteiger partial charge in [-0.3, -0.25) is 0 Å². The number of nitrogens with zero attached hydrogens (tertiary/aromatic N) is 2. The summed E-state index contributed by atoms with van der Waals surface area (Å²) >= 11 is 0. The molecule has 0 unspecified atom stereocenters. The van der Waals surface area contributed by atoms with Crippen LogP contribution in [0.1, 0.15) is 21.7 Å². The number of ether oxygens (including phenoxy) is 2. The van der Waals surface area contributed by atoms with Crippen molar-refractivity contribution >= 4 is 41.2 Å². The maximum absolute atomic E-state index is 12.3. The fraction of sp³-hybridized carbons (Fsp3) is 0.0952. The van der Waals surface area contributed by atoms with Crippen molar-refractivity contribution in [2.45, 2.75) is 0 Å². The van der Waals surface area contributed by atoms with Crippen LogP contribution in [0.5, 0.6) is 11.5 Å². The van der Waals surface area contributed by atoms with Crippen molar-refractivity contribution in [3.05, 3.63) is 59.5 Å². The summed E-state index contributed by atoms with van der Waals surface area (Å²) in [4.78, 5) is 20.7. The monoisotopic (exact) mass is 391 g/mol. The summed E-state index contributed by atoms with van der Waals surface area (Å²) in [6, 6.07) is 10.8. The van der Waals surface area contributed by atoms with Gasteiger partial charge in [0.25, 0.3) is 0 Å². The smallest absolute Gasteiger partial charge is 0.347 e. The van der Waals surface area contributed by atoms with E-state index in [2.05, 4.69) is 15.3 Å². The minimum atomic E-state index is -0.740. The number of esters is 1. The molecule has 0 fully saturated rings. The van der Waals surface area contributed by atoms with Gasteiger partial charge >= 0.3 is 5.97 Å². The Morgan fingerprint density at radius 3 is 2.83 bits per heavy atom. The van der Waals surface area contributed by atoms with E-state index in [0.717, 1.165) is 5.56 Å². The molecule has 0 saturated carbocycles. The number of benzene rings is 1. The Morgan fingerprint density at radius 2 is 2.03 bits per heavy atom. The first-order valence-electron chi connectivity index (χ1n) is 8.67. The number of allylic oxidation sites excluding steroid dienone is 1. The fourth-order valence-electron chi connectivity index (χ4n) is 2.97. The maximum atomic E-state index is 12.3. The number of methoxy groups -OCH3 is 2. The third-order valence-electron chi connectivity index (χ3n) is 4.36. The van der Waals surface area contributed by atoms with Gasteiger partial charge in [-0.15, -0.1) is 0 Å². The Labute approximate surface area is 166 Å². The lowest BCUT2D eigenvalue weighted by molar-refractivity contribution is 0.0598. The molecule has 3 heterocycles. The molecule has 0 aliphatic carbocycles. The van der Waals surface area contributed by atoms with Crippen molar-refractivity contribution < 1.29 is 23.8 Å². The largest absolute Gasteiger partial charge is 0.504 e. The molecule has 2 aromatic heterocycles. The van der Waals surface area contributed by atoms with E-state index in [1.54, 1.807) is 42.8 Å². The molecule has 1 aromatic carbocycles. The molecule has 1 aliphatic rings. The van der Waals surface area contributed by atoms with Crippen LogP contribution in [0.4, 0.5) is 17.4 Å². The number of carbonyl (C=O) groups excluding carboxylic acids is 1. The lowest BCUT2D eigenvalue weighted by Crippen LogP contribution is -2.04. The summed E-state index contributed by atoms with van der Waals surface area (Å²) in [5, 5.41) is 13.6. The van der Waals surface area contributed by atoms with Gasteiger partial charge in [0.1, 0.15) is 5.75 Å². The molecule has 2 N–H and O–H groups in total. The normalized spacial score (nSPS) is 13.4. The van der Waals surface area contributed by atoms with Crippen molar-refractivity contribution in [1.82, 2.24) is 4.98 Å². The number of hydrogen-bond donors (Lipinski definition) is 2. The average molecular weight is 391 g/mol. The predicted molar refractivity (Wildman–Crippen MR) is 108 cm³/mol. The minimum Gasteiger partial charge on any atom is -0.504 e. The number of nitrogens with one attached hydrogen (secondary N) is 1. The van der Waals surface area contributed by atoms with Gasteiger partial charge in [0.2, 0.25) is 5.88 Å². The molecular weight excluding hydrogens is 374 g/mol. The molecule has 29 heavy (non-hydrogen) atoms. The van der Waals surface area contributed by atoms with E-state index >= 15 is 0 Å². The Morgan fingerprint density at radius 1 is 1.21 bits per heavy atom. The van der Waals surface area contributed by atoms with Gasteiger partial charge in [-0.2, -0.15) is 0 Å². The van der Waals surface area contributed by atoms with Gasteiger partial charge in [0.05, 0.1) is 19.9 Å². The molecular formula is C21H17N3O5. The molecule has 4 rings (SSSR count). The van der Waals surface area contributed by atoms with E-state index < -0.39 is 5.97 Å². The van der Waals surface area contributed by atoms with Crippen molar-refractivity contribution in [3.63, 3.8) is 0 Å². The first-order chi connectivity index (χ1) is 14.1. The number of para-hydroxylation sites is 2. The summed E-state index contributed by atoms with van der Waals surface area (Å²) in [5.41, 5.74) is 1.93. The highest BCUT2D eigenvalue weighted by atomic mass is 16.5. The molecule has 0 bridgehead atoms. The van der Waals surface area contributed by atoms with Crippen LogP contribution in [-0.2, 0) is 4.74 Å². The summed E-state index contributed by atoms with van der Waals surface area (Å²) in [6.45, 7) is 0. The third kappa shape index (κ3) is 3.31. The number of aromatic hydroxyl groups is 1. The lowest BCUT2D eigenvalue weighted by atomic mass is 10.1. The first kappa shape index (κ1) is 18.3. The molecule has 0 spiro atoms. The molecule has 0 amide bonds. The summed E-state index contributed by atoms with van der Waals surface area (Å²) < 4.78 is 15.9. The van der Waals surface area contributed by atoms with Crippen LogP contribution in [0.15, 0.2) is 52.0 Å². The summed E-state index contributed by atoms with van der Waals surface area (Å²) in [6.07, 6.45) is 4.85. The van der Waals surface area contributed by atoms with E-state index in [0.29, 0.717) is 22.8 Å². The second-order valence-electron chi connectivity index (χ2n) is 6.07. The average Bonchev–Trinajstić information content (AvgIpc) is 3.29. The molecule has 0 radical (unpaired) electrons. The molecule has 0 atom stereocenters. The van der Waals surface area contributed by atoms with Gasteiger partial charge in [0, 0.05) is 23.5 Å². The van der Waals surface area contributed by atoms with Gasteiger partial charge in [-0.25, -0.2) is 14.8 Å². The third-order valence-corrected chi connectivity index (χ3v) is 4.36. The number of aromatic nitrogens is 1. The number of carbonyl (C=O) groups is 1. The predicted octanol–water partition coefficient (Wildman–Crippen LogP) is 4.18. The lowest BCUT2D eigenvalue weighted by Gasteiger charge is -2.09. The van der Waals surface area contributed by atoms with Gasteiger partial charge in [-0.1, -0.05) is 12.1 Å². The fourth-order valence-corrected chi connectivity index (χ4v) is 2.97. The molecule has 1 aliphatic heterocycles. The zero-order valence-electron chi connectivity index (χ0n) is 15.7. The number of hydrogen-bond acceptors (Lipinski definition) is 8. The van der Waals surface area contributed by atoms with E-state index in [1.807, 2.05) is 12.1 Å². The zero-order valence-corrected chi connectivity index (χ0v) is 15.7. The second kappa shape index (κ2) is 7.51. The number of rotatable bonds is 5. The van der Waals surface area contributed by atoms with Crippen LogP contribution in [0.3, 0.4) is 0 Å². The van der Waals surface area contributed by atoms with E-state index in [1.165, 1.54) is 14.2 Å². The summed E-state index contributed by atoms with van der Waals surface area (Å²) in [7, 11) is 2.76. The number of furan rings is 1. The van der Waals surface area contributed by atoms with Crippen molar-refractivity contribution in [2.24, 2.45) is 4.99 Å². The van der Waals surface area contributed by atoms with Gasteiger partial charge in [0.15, 0.2) is 22.9 Å². The molecule has 8 nitrogen and oxygen atoms in total. The Hall–Kier alpha value is -4.07. The molecule has 3 aromatic rings. The SMILES string of the molecule is COC(=O)c1c(Nc2ccccc2OC)oc(C=C2C=Nc3ncccc32)c1O. The zero-order chi connectivity index (χ0) is 20.4. The summed E-state index contributed by atoms with van der Waals surface area (Å²) in [5.74, 6) is 0.156. The number of aliphatic imine (C=N–C) groups is 1. The van der Waals surface area contributed by atoms with Crippen LogP contribution in [0.25, 0.3) is 11.6 Å². The van der Waals surface area contributed by atoms with Gasteiger partial charge in [-0.05, 0) is 30.3 Å². The highest BCUT2D eigenvalue weighted by Crippen LogP contribution is 2.40. The Balaban J connectivity index is 1.78. The van der Waals surface area contributed by atoms with Crippen molar-refractivity contribution in [1.29, 1.82) is 0 Å². The van der Waals surface area contributed by atoms with E-state index in [9.17, 15) is 9.90 Å². The Bertz CT molecular complexity index is 1150. The van der Waals surface area contributed by atoms with Crippen molar-refractivity contribution in [2.75, 3.05) is 19.5 Å². The van der Waals surface area contributed by atoms with Crippen LogP contribution in [0.2, 0.25) is 0 Å². The quantitative estimate of drug-likeness (QED) is 0.629. The molecule has 146 valence electrons. The number of pyridine rings is 1. The van der Waals surface area contributed by atoms with E-state index in [4.69, 9.17) is 13.9 Å². The van der Waals surface area contributed by atoms with E-state index in [-0.39, 0.29) is 23.0 Å².